The van der Waals surface area contributed by atoms with Gasteiger partial charge in [0.25, 0.3) is 0 Å². The van der Waals surface area contributed by atoms with E-state index in [9.17, 15) is 4.79 Å². The molecular formula is C25H25BrO3. The Morgan fingerprint density at radius 2 is 1.72 bits per heavy atom. The number of ether oxygens (including phenoxy) is 2. The summed E-state index contributed by atoms with van der Waals surface area (Å²) in [6.07, 6.45) is 5.21. The molecule has 3 aromatic carbocycles. The molecule has 150 valence electrons. The van der Waals surface area contributed by atoms with Crippen LogP contribution in [0.2, 0.25) is 0 Å². The molecule has 0 aromatic heterocycles. The lowest BCUT2D eigenvalue weighted by atomic mass is 10.1. The topological polar surface area (TPSA) is 35.5 Å². The molecule has 0 aliphatic carbocycles. The molecule has 1 atom stereocenters. The first kappa shape index (κ1) is 21.1. The van der Waals surface area contributed by atoms with Crippen LogP contribution in [-0.2, 0) is 4.79 Å². The lowest BCUT2D eigenvalue weighted by Gasteiger charge is -2.13. The summed E-state index contributed by atoms with van der Waals surface area (Å²) >= 11 is 3.70. The largest absolute Gasteiger partial charge is 0.492 e. The molecule has 0 saturated carbocycles. The Morgan fingerprint density at radius 1 is 1.03 bits per heavy atom. The van der Waals surface area contributed by atoms with Gasteiger partial charge in [0, 0.05) is 6.92 Å². The Balaban J connectivity index is 1.75. The molecule has 3 nitrogen and oxygen atoms in total. The van der Waals surface area contributed by atoms with E-state index in [2.05, 4.69) is 60.1 Å². The fourth-order valence-electron chi connectivity index (χ4n) is 2.86. The van der Waals surface area contributed by atoms with E-state index in [-0.39, 0.29) is 5.97 Å². The van der Waals surface area contributed by atoms with Crippen molar-refractivity contribution in [3.05, 3.63) is 70.2 Å². The maximum atomic E-state index is 11.0. The number of carbonyl (C=O) groups is 1. The molecule has 0 heterocycles. The standard InChI is InChI=1S/C25H25BrO3/c1-4-17(2)16-28-24-14-10-21-15-20(9-13-23(21)25(24)26)6-5-19-7-11-22(12-8-19)29-18(3)27/h5-15,17H,4,16H2,1-3H3/b6-5+/t17-/m0/s1. The Morgan fingerprint density at radius 3 is 2.41 bits per heavy atom. The second-order valence-corrected chi connectivity index (χ2v) is 7.97. The molecule has 0 fully saturated rings. The van der Waals surface area contributed by atoms with E-state index in [0.29, 0.717) is 11.7 Å². The summed E-state index contributed by atoms with van der Waals surface area (Å²) in [6.45, 7) is 6.48. The van der Waals surface area contributed by atoms with Crippen molar-refractivity contribution in [1.82, 2.24) is 0 Å². The first-order valence-corrected chi connectivity index (χ1v) is 10.6. The van der Waals surface area contributed by atoms with Crippen molar-refractivity contribution in [2.75, 3.05) is 6.61 Å². The zero-order chi connectivity index (χ0) is 20.8. The number of esters is 1. The molecule has 0 aliphatic rings. The second kappa shape index (κ2) is 9.75. The summed E-state index contributed by atoms with van der Waals surface area (Å²) in [4.78, 5) is 11.0. The van der Waals surface area contributed by atoms with Crippen LogP contribution in [0.3, 0.4) is 0 Å². The molecule has 0 radical (unpaired) electrons. The van der Waals surface area contributed by atoms with Gasteiger partial charge in [-0.2, -0.15) is 0 Å². The van der Waals surface area contributed by atoms with Crippen molar-refractivity contribution >= 4 is 44.8 Å². The first-order chi connectivity index (χ1) is 14.0. The number of rotatable bonds is 7. The smallest absolute Gasteiger partial charge is 0.308 e. The zero-order valence-electron chi connectivity index (χ0n) is 16.9. The van der Waals surface area contributed by atoms with Gasteiger partial charge in [-0.1, -0.05) is 62.8 Å². The highest BCUT2D eigenvalue weighted by Crippen LogP contribution is 2.34. The lowest BCUT2D eigenvalue weighted by molar-refractivity contribution is -0.131. The van der Waals surface area contributed by atoms with Gasteiger partial charge in [0.15, 0.2) is 0 Å². The fourth-order valence-corrected chi connectivity index (χ4v) is 3.47. The van der Waals surface area contributed by atoms with Gasteiger partial charge in [0.1, 0.15) is 11.5 Å². The predicted molar refractivity (Wildman–Crippen MR) is 123 cm³/mol. The van der Waals surface area contributed by atoms with E-state index < -0.39 is 0 Å². The number of carbonyl (C=O) groups excluding carboxylic acids is 1. The van der Waals surface area contributed by atoms with Crippen molar-refractivity contribution in [3.8, 4) is 11.5 Å². The first-order valence-electron chi connectivity index (χ1n) is 9.78. The van der Waals surface area contributed by atoms with Gasteiger partial charge in [-0.15, -0.1) is 0 Å². The van der Waals surface area contributed by atoms with Gasteiger partial charge in [-0.3, -0.25) is 4.79 Å². The number of hydrogen-bond acceptors (Lipinski definition) is 3. The zero-order valence-corrected chi connectivity index (χ0v) is 18.5. The van der Waals surface area contributed by atoms with Crippen LogP contribution >= 0.6 is 15.9 Å². The molecule has 0 bridgehead atoms. The molecule has 3 aromatic rings. The monoisotopic (exact) mass is 452 g/mol. The number of benzene rings is 3. The highest BCUT2D eigenvalue weighted by molar-refractivity contribution is 9.10. The minimum Gasteiger partial charge on any atom is -0.492 e. The summed E-state index contributed by atoms with van der Waals surface area (Å²) in [5.74, 6) is 1.66. The van der Waals surface area contributed by atoms with E-state index in [4.69, 9.17) is 9.47 Å². The molecule has 29 heavy (non-hydrogen) atoms. The van der Waals surface area contributed by atoms with Crippen molar-refractivity contribution in [3.63, 3.8) is 0 Å². The van der Waals surface area contributed by atoms with Crippen LogP contribution < -0.4 is 9.47 Å². The van der Waals surface area contributed by atoms with Gasteiger partial charge in [0.05, 0.1) is 11.1 Å². The molecule has 0 amide bonds. The summed E-state index contributed by atoms with van der Waals surface area (Å²) in [7, 11) is 0. The van der Waals surface area contributed by atoms with E-state index in [1.165, 1.54) is 6.92 Å². The molecule has 3 rings (SSSR count). The van der Waals surface area contributed by atoms with Crippen LogP contribution in [0.25, 0.3) is 22.9 Å². The SMILES string of the molecule is CC[C@H](C)COc1ccc2cc(/C=C/c3ccc(OC(C)=O)cc3)ccc2c1Br. The predicted octanol–water partition coefficient (Wildman–Crippen LogP) is 7.12. The summed E-state index contributed by atoms with van der Waals surface area (Å²) in [6, 6.07) is 17.9. The van der Waals surface area contributed by atoms with Gasteiger partial charge >= 0.3 is 5.97 Å². The Kier molecular flexibility index (Phi) is 7.10. The van der Waals surface area contributed by atoms with E-state index in [1.807, 2.05) is 24.3 Å². The van der Waals surface area contributed by atoms with Crippen molar-refractivity contribution < 1.29 is 14.3 Å². The third-order valence-corrected chi connectivity index (χ3v) is 5.59. The van der Waals surface area contributed by atoms with Crippen LogP contribution in [-0.4, -0.2) is 12.6 Å². The molecule has 0 N–H and O–H groups in total. The molecule has 0 aliphatic heterocycles. The van der Waals surface area contributed by atoms with Crippen LogP contribution in [0.1, 0.15) is 38.3 Å². The van der Waals surface area contributed by atoms with Gasteiger partial charge < -0.3 is 9.47 Å². The average molecular weight is 453 g/mol. The fraction of sp³-hybridized carbons (Fsp3) is 0.240. The van der Waals surface area contributed by atoms with Crippen molar-refractivity contribution in [1.29, 1.82) is 0 Å². The summed E-state index contributed by atoms with van der Waals surface area (Å²) in [5, 5.41) is 2.29. The average Bonchev–Trinajstić information content (AvgIpc) is 2.72. The van der Waals surface area contributed by atoms with Crippen molar-refractivity contribution in [2.24, 2.45) is 5.92 Å². The Bertz CT molecular complexity index is 1020. The lowest BCUT2D eigenvalue weighted by Crippen LogP contribution is -2.07. The third kappa shape index (κ3) is 5.70. The third-order valence-electron chi connectivity index (χ3n) is 4.77. The quantitative estimate of drug-likeness (QED) is 0.217. The number of halogens is 1. The molecule has 0 saturated heterocycles. The normalized spacial score (nSPS) is 12.3. The highest BCUT2D eigenvalue weighted by atomic mass is 79.9. The molecular weight excluding hydrogens is 428 g/mol. The number of fused-ring (bicyclic) bond motifs is 1. The van der Waals surface area contributed by atoms with E-state index in [0.717, 1.165) is 45.1 Å². The molecule has 0 unspecified atom stereocenters. The van der Waals surface area contributed by atoms with Gasteiger partial charge in [-0.25, -0.2) is 0 Å². The van der Waals surface area contributed by atoms with Crippen LogP contribution in [0, 0.1) is 5.92 Å². The van der Waals surface area contributed by atoms with Crippen LogP contribution in [0.5, 0.6) is 11.5 Å². The minimum absolute atomic E-state index is 0.316. The Labute approximate surface area is 180 Å². The summed E-state index contributed by atoms with van der Waals surface area (Å²) in [5.41, 5.74) is 2.15. The maximum absolute atomic E-state index is 11.0. The Hall–Kier alpha value is -2.59. The number of hydrogen-bond donors (Lipinski definition) is 0. The van der Waals surface area contributed by atoms with E-state index >= 15 is 0 Å². The second-order valence-electron chi connectivity index (χ2n) is 7.18. The van der Waals surface area contributed by atoms with Crippen LogP contribution in [0.4, 0.5) is 0 Å². The molecule has 0 spiro atoms. The van der Waals surface area contributed by atoms with E-state index in [1.54, 1.807) is 12.1 Å². The summed E-state index contributed by atoms with van der Waals surface area (Å²) < 4.78 is 12.0. The highest BCUT2D eigenvalue weighted by Gasteiger charge is 2.08. The van der Waals surface area contributed by atoms with Crippen LogP contribution in [0.15, 0.2) is 59.1 Å². The minimum atomic E-state index is -0.316. The van der Waals surface area contributed by atoms with Gasteiger partial charge in [-0.05, 0) is 68.0 Å². The van der Waals surface area contributed by atoms with Gasteiger partial charge in [0.2, 0.25) is 0 Å². The molecule has 4 heteroatoms. The maximum Gasteiger partial charge on any atom is 0.308 e. The van der Waals surface area contributed by atoms with Crippen molar-refractivity contribution in [2.45, 2.75) is 27.2 Å².